The van der Waals surface area contributed by atoms with Crippen molar-refractivity contribution in [2.24, 2.45) is 0 Å². The third-order valence-electron chi connectivity index (χ3n) is 10.1. The Kier molecular flexibility index (Phi) is 16.8. The summed E-state index contributed by atoms with van der Waals surface area (Å²) in [5, 5.41) is 13.2. The lowest BCUT2D eigenvalue weighted by atomic mass is 10.1. The van der Waals surface area contributed by atoms with E-state index in [9.17, 15) is 92.3 Å². The summed E-state index contributed by atoms with van der Waals surface area (Å²) in [5.74, 6) is -8.03. The van der Waals surface area contributed by atoms with Crippen molar-refractivity contribution in [3.63, 3.8) is 0 Å². The highest BCUT2D eigenvalue weighted by Gasteiger charge is 2.41. The second kappa shape index (κ2) is 21.6. The molecule has 0 saturated heterocycles. The van der Waals surface area contributed by atoms with Crippen LogP contribution in [0.2, 0.25) is 0 Å². The molecule has 0 aliphatic carbocycles. The highest BCUT2D eigenvalue weighted by Crippen LogP contribution is 2.37. The van der Waals surface area contributed by atoms with Gasteiger partial charge in [-0.2, -0.15) is 35.1 Å². The van der Waals surface area contributed by atoms with Gasteiger partial charge in [-0.3, -0.25) is 9.59 Å². The SMILES string of the molecule is C[C@H](NC(=O)C(F)(F)F)c1ccc(S(=O)(=O)c2ccc(O)cc2S(=O)(=O)c2ccccc2F)cc1.C[C@H](NC(=O)C(F)(F)F)c1ccc(S(=O)(=O)c2ccc(OC(F)F)cc2S(=O)(=O)c2ccccc2F)cc1. The molecular weight excluding hydrogens is 1080 g/mol. The van der Waals surface area contributed by atoms with E-state index >= 15 is 0 Å². The Labute approximate surface area is 408 Å². The number of hydrogen-bond donors (Lipinski definition) is 3. The van der Waals surface area contributed by atoms with E-state index in [1.54, 1.807) is 10.6 Å². The maximum Gasteiger partial charge on any atom is 0.471 e. The van der Waals surface area contributed by atoms with Gasteiger partial charge in [0.05, 0.1) is 41.5 Å². The molecule has 0 aliphatic rings. The van der Waals surface area contributed by atoms with E-state index < -0.39 is 145 Å². The van der Waals surface area contributed by atoms with Crippen LogP contribution in [0.4, 0.5) is 43.9 Å². The van der Waals surface area contributed by atoms with E-state index in [1.165, 1.54) is 38.1 Å². The maximum absolute atomic E-state index is 14.3. The highest BCUT2D eigenvalue weighted by molar-refractivity contribution is 7.95. The molecule has 0 bridgehead atoms. The number of rotatable bonds is 14. The number of carbonyl (C=O) groups excluding carboxylic acids is 2. The van der Waals surface area contributed by atoms with Crippen LogP contribution in [-0.4, -0.2) is 69.6 Å². The number of alkyl halides is 8. The molecule has 3 N–H and O–H groups in total. The van der Waals surface area contributed by atoms with Gasteiger partial charge in [0.25, 0.3) is 0 Å². The molecule has 73 heavy (non-hydrogen) atoms. The van der Waals surface area contributed by atoms with E-state index in [4.69, 9.17) is 0 Å². The van der Waals surface area contributed by atoms with Crippen molar-refractivity contribution in [3.05, 3.63) is 156 Å². The van der Waals surface area contributed by atoms with Crippen molar-refractivity contribution in [3.8, 4) is 11.5 Å². The molecule has 0 fully saturated rings. The van der Waals surface area contributed by atoms with E-state index in [2.05, 4.69) is 4.74 Å². The number of sulfone groups is 4. The first-order chi connectivity index (χ1) is 33.7. The molecule has 28 heteroatoms. The van der Waals surface area contributed by atoms with Crippen LogP contribution < -0.4 is 15.4 Å². The van der Waals surface area contributed by atoms with Crippen LogP contribution in [0.3, 0.4) is 0 Å². The summed E-state index contributed by atoms with van der Waals surface area (Å²) in [5.41, 5.74) is 0.230. The fourth-order valence-electron chi connectivity index (χ4n) is 6.44. The Balaban J connectivity index is 0.000000272. The summed E-state index contributed by atoms with van der Waals surface area (Å²) >= 11 is 0. The molecule has 6 aromatic carbocycles. The first-order valence-corrected chi connectivity index (χ1v) is 26.0. The van der Waals surface area contributed by atoms with E-state index in [1.807, 2.05) is 0 Å². The van der Waals surface area contributed by atoms with Crippen LogP contribution in [0.25, 0.3) is 0 Å². The highest BCUT2D eigenvalue weighted by atomic mass is 32.2. The van der Waals surface area contributed by atoms with Crippen LogP contribution in [0, 0.1) is 11.6 Å². The molecule has 6 aromatic rings. The minimum Gasteiger partial charge on any atom is -0.508 e. The Morgan fingerprint density at radius 3 is 1.19 bits per heavy atom. The fraction of sp³-hybridized carbons (Fsp3) is 0.156. The fourth-order valence-corrected chi connectivity index (χ4v) is 13.2. The van der Waals surface area contributed by atoms with Gasteiger partial charge in [0.2, 0.25) is 39.3 Å². The molecule has 0 heterocycles. The average molecular weight is 1110 g/mol. The number of hydrogen-bond acceptors (Lipinski definition) is 12. The zero-order valence-electron chi connectivity index (χ0n) is 36.8. The van der Waals surface area contributed by atoms with Crippen LogP contribution in [0.1, 0.15) is 37.1 Å². The van der Waals surface area contributed by atoms with Crippen molar-refractivity contribution >= 4 is 51.2 Å². The second-order valence-corrected chi connectivity index (χ2v) is 22.6. The molecule has 14 nitrogen and oxygen atoms in total. The van der Waals surface area contributed by atoms with E-state index in [0.29, 0.717) is 18.2 Å². The van der Waals surface area contributed by atoms with Gasteiger partial charge in [-0.25, -0.2) is 42.5 Å². The minimum absolute atomic E-state index is 0.0847. The lowest BCUT2D eigenvalue weighted by Gasteiger charge is -2.17. The number of halogens is 10. The van der Waals surface area contributed by atoms with Crippen molar-refractivity contribution in [2.75, 3.05) is 0 Å². The predicted octanol–water partition coefficient (Wildman–Crippen LogP) is 8.77. The zero-order valence-corrected chi connectivity index (χ0v) is 40.1. The van der Waals surface area contributed by atoms with Crippen molar-refractivity contribution < 1.29 is 97.0 Å². The monoisotopic (exact) mass is 1110 g/mol. The van der Waals surface area contributed by atoms with Gasteiger partial charge in [0.1, 0.15) is 32.9 Å². The molecule has 0 saturated carbocycles. The molecule has 6 rings (SSSR count). The zero-order chi connectivity index (χ0) is 54.6. The molecular formula is C45H34F10N2O12S4. The predicted molar refractivity (Wildman–Crippen MR) is 234 cm³/mol. The summed E-state index contributed by atoms with van der Waals surface area (Å²) in [6.07, 6.45) is -10.2. The lowest BCUT2D eigenvalue weighted by molar-refractivity contribution is -0.174. The molecule has 0 unspecified atom stereocenters. The minimum atomic E-state index is -5.14. The summed E-state index contributed by atoms with van der Waals surface area (Å²) in [7, 11) is -18.9. The number of aromatic hydroxyl groups is 1. The van der Waals surface area contributed by atoms with Crippen LogP contribution in [0.5, 0.6) is 11.5 Å². The van der Waals surface area contributed by atoms with Crippen LogP contribution >= 0.6 is 0 Å². The van der Waals surface area contributed by atoms with Crippen LogP contribution in [-0.2, 0) is 48.9 Å². The first kappa shape index (κ1) is 56.9. The Morgan fingerprint density at radius 2 is 0.836 bits per heavy atom. The largest absolute Gasteiger partial charge is 0.508 e. The Bertz CT molecular complexity index is 3510. The maximum atomic E-state index is 14.3. The van der Waals surface area contributed by atoms with Crippen molar-refractivity contribution in [1.29, 1.82) is 0 Å². The number of carbonyl (C=O) groups is 2. The topological polar surface area (TPSA) is 224 Å². The van der Waals surface area contributed by atoms with Gasteiger partial charge in [0, 0.05) is 12.1 Å². The third-order valence-corrected chi connectivity index (χ3v) is 17.6. The molecule has 0 aliphatic heterocycles. The quantitative estimate of drug-likeness (QED) is 0.0871. The average Bonchev–Trinajstić information content (AvgIpc) is 3.31. The summed E-state index contributed by atoms with van der Waals surface area (Å²) in [6, 6.07) is 18.9. The van der Waals surface area contributed by atoms with Crippen molar-refractivity contribution in [2.45, 2.75) is 84.1 Å². The van der Waals surface area contributed by atoms with Gasteiger partial charge in [0.15, 0.2) is 0 Å². The molecule has 390 valence electrons. The molecule has 0 aromatic heterocycles. The number of ether oxygens (including phenoxy) is 1. The molecule has 0 spiro atoms. The molecule has 0 radical (unpaired) electrons. The van der Waals surface area contributed by atoms with E-state index in [-0.39, 0.29) is 11.1 Å². The number of benzene rings is 6. The summed E-state index contributed by atoms with van der Waals surface area (Å²) in [4.78, 5) is 16.1. The normalized spacial score (nSPS) is 13.3. The number of nitrogens with one attached hydrogen (secondary N) is 2. The Hall–Kier alpha value is -7.04. The third kappa shape index (κ3) is 13.0. The number of phenolic OH excluding ortho intramolecular Hbond substituents is 1. The summed E-state index contributed by atoms with van der Waals surface area (Å²) < 4.78 is 239. The van der Waals surface area contributed by atoms with Gasteiger partial charge < -0.3 is 20.5 Å². The molecule has 2 amide bonds. The van der Waals surface area contributed by atoms with Crippen LogP contribution in [0.15, 0.2) is 173 Å². The van der Waals surface area contributed by atoms with Gasteiger partial charge in [-0.1, -0.05) is 48.5 Å². The molecule has 2 atom stereocenters. The van der Waals surface area contributed by atoms with E-state index in [0.717, 1.165) is 91.0 Å². The second-order valence-electron chi connectivity index (χ2n) is 15.0. The smallest absolute Gasteiger partial charge is 0.471 e. The number of phenols is 1. The Morgan fingerprint density at radius 1 is 0.479 bits per heavy atom. The lowest BCUT2D eigenvalue weighted by Crippen LogP contribution is -2.38. The standard InChI is InChI=1S/C23H17F6NO6S2.C22H17F4NO6S2/c1-13(30-21(31)23(27,28)29)14-6-9-16(10-7-14)37(32,33)19-11-8-15(36-22(25)26)12-20(19)38(34,35)18-5-3-2-4-17(18)24;1-13(27-21(29)22(24,25)26)14-6-9-16(10-7-14)34(30,31)19-11-8-15(28)12-20(19)35(32,33)18-5-3-2-4-17(18)23/h2-13,22H,1H3,(H,30,31);2-13,28H,1H3,(H,27,29)/t2*13-/m00/s1. The van der Waals surface area contributed by atoms with Crippen molar-refractivity contribution in [1.82, 2.24) is 10.6 Å². The first-order valence-electron chi connectivity index (χ1n) is 20.1. The van der Waals surface area contributed by atoms with Gasteiger partial charge in [-0.05, 0) is 97.8 Å². The summed E-state index contributed by atoms with van der Waals surface area (Å²) in [6.45, 7) is -0.908. The van der Waals surface area contributed by atoms with Gasteiger partial charge in [-0.15, -0.1) is 0 Å². The van der Waals surface area contributed by atoms with Gasteiger partial charge >= 0.3 is 30.8 Å². The number of amides is 2.